The largest absolute Gasteiger partial charge is 0.307 e. The smallest absolute Gasteiger partial charge is 0.250 e. The van der Waals surface area contributed by atoms with Crippen LogP contribution < -0.4 is 4.90 Å². The van der Waals surface area contributed by atoms with Gasteiger partial charge in [-0.2, -0.15) is 0 Å². The lowest BCUT2D eigenvalue weighted by atomic mass is 10.2. The Hall–Kier alpha value is -2.56. The van der Waals surface area contributed by atoms with Crippen LogP contribution in [0.25, 0.3) is 6.08 Å². The normalized spacial score (nSPS) is 10.9. The van der Waals surface area contributed by atoms with Gasteiger partial charge in [0.2, 0.25) is 0 Å². The van der Waals surface area contributed by atoms with Crippen molar-refractivity contribution in [3.8, 4) is 0 Å². The Morgan fingerprint density at radius 2 is 1.67 bits per heavy atom. The van der Waals surface area contributed by atoms with Crippen LogP contribution in [0.2, 0.25) is 0 Å². The van der Waals surface area contributed by atoms with Gasteiger partial charge in [-0.3, -0.25) is 4.79 Å². The summed E-state index contributed by atoms with van der Waals surface area (Å²) in [4.78, 5) is 12.8. The van der Waals surface area contributed by atoms with E-state index in [-0.39, 0.29) is 0 Å². The van der Waals surface area contributed by atoms with Crippen molar-refractivity contribution < 1.29 is 18.0 Å². The number of amides is 1. The zero-order chi connectivity index (χ0) is 15.4. The molecule has 0 aliphatic rings. The van der Waals surface area contributed by atoms with Crippen molar-refractivity contribution in [1.29, 1.82) is 0 Å². The monoisotopic (exact) mass is 291 g/mol. The summed E-state index contributed by atoms with van der Waals surface area (Å²) in [6.07, 6.45) is 2.50. The first-order valence-corrected chi connectivity index (χ1v) is 6.14. The third-order valence-electron chi connectivity index (χ3n) is 2.87. The van der Waals surface area contributed by atoms with E-state index in [2.05, 4.69) is 0 Å². The van der Waals surface area contributed by atoms with E-state index in [0.717, 1.165) is 23.1 Å². The second kappa shape index (κ2) is 6.26. The molecular formula is C16H12F3NO. The van der Waals surface area contributed by atoms with E-state index in [9.17, 15) is 18.0 Å². The van der Waals surface area contributed by atoms with Gasteiger partial charge in [0.15, 0.2) is 0 Å². The van der Waals surface area contributed by atoms with E-state index in [0.29, 0.717) is 5.56 Å². The Balaban J connectivity index is 2.20. The van der Waals surface area contributed by atoms with Gasteiger partial charge < -0.3 is 4.90 Å². The Bertz CT molecular complexity index is 677. The van der Waals surface area contributed by atoms with Gasteiger partial charge in [-0.25, -0.2) is 13.2 Å². The number of hydrogen-bond donors (Lipinski definition) is 0. The molecular weight excluding hydrogens is 279 g/mol. The molecule has 2 nitrogen and oxygen atoms in total. The highest BCUT2D eigenvalue weighted by Crippen LogP contribution is 2.22. The number of benzene rings is 2. The third-order valence-corrected chi connectivity index (χ3v) is 2.87. The number of carbonyl (C=O) groups is 1. The number of likely N-dealkylation sites (N-methyl/N-ethyl adjacent to an activating group) is 1. The van der Waals surface area contributed by atoms with Crippen molar-refractivity contribution in [2.24, 2.45) is 0 Å². The molecule has 0 N–H and O–H groups in total. The third kappa shape index (κ3) is 3.51. The summed E-state index contributed by atoms with van der Waals surface area (Å²) in [6.45, 7) is 0. The maximum Gasteiger partial charge on any atom is 0.250 e. The van der Waals surface area contributed by atoms with Crippen LogP contribution in [0.15, 0.2) is 48.5 Å². The molecule has 0 saturated carbocycles. The zero-order valence-corrected chi connectivity index (χ0v) is 11.2. The first kappa shape index (κ1) is 14.8. The van der Waals surface area contributed by atoms with Crippen molar-refractivity contribution >= 4 is 17.7 Å². The van der Waals surface area contributed by atoms with Crippen LogP contribution in [-0.4, -0.2) is 13.0 Å². The van der Waals surface area contributed by atoms with Crippen molar-refractivity contribution in [1.82, 2.24) is 0 Å². The molecule has 2 aromatic carbocycles. The predicted octanol–water partition coefficient (Wildman–Crippen LogP) is 3.78. The van der Waals surface area contributed by atoms with Crippen LogP contribution in [0.5, 0.6) is 0 Å². The highest BCUT2D eigenvalue weighted by molar-refractivity contribution is 6.03. The summed E-state index contributed by atoms with van der Waals surface area (Å²) >= 11 is 0. The molecule has 108 valence electrons. The summed E-state index contributed by atoms with van der Waals surface area (Å²) in [7, 11) is 1.26. The molecule has 0 bridgehead atoms. The maximum atomic E-state index is 13.6. The molecule has 1 amide bonds. The molecule has 0 heterocycles. The molecule has 21 heavy (non-hydrogen) atoms. The van der Waals surface area contributed by atoms with Gasteiger partial charge in [0.1, 0.15) is 23.1 Å². The van der Waals surface area contributed by atoms with Crippen LogP contribution in [0.1, 0.15) is 5.56 Å². The van der Waals surface area contributed by atoms with Crippen LogP contribution >= 0.6 is 0 Å². The number of halogens is 3. The number of para-hydroxylation sites is 1. The van der Waals surface area contributed by atoms with Crippen molar-refractivity contribution in [2.75, 3.05) is 11.9 Å². The molecule has 0 aliphatic heterocycles. The molecule has 0 atom stereocenters. The number of carbonyl (C=O) groups excluding carboxylic acids is 1. The topological polar surface area (TPSA) is 20.3 Å². The van der Waals surface area contributed by atoms with Crippen molar-refractivity contribution in [2.45, 2.75) is 0 Å². The van der Waals surface area contributed by atoms with Gasteiger partial charge in [0.25, 0.3) is 5.91 Å². The minimum absolute atomic E-state index is 0.425. The first-order chi connectivity index (χ1) is 9.99. The average Bonchev–Trinajstić information content (AvgIpc) is 2.44. The quantitative estimate of drug-likeness (QED) is 0.788. The molecule has 2 aromatic rings. The molecule has 5 heteroatoms. The van der Waals surface area contributed by atoms with Gasteiger partial charge >= 0.3 is 0 Å². The molecule has 0 saturated heterocycles. The standard InChI is InChI=1S/C16H12F3NO/c1-20(16-13(18)6-3-7-14(16)19)15(21)9-8-11-4-2-5-12(17)10-11/h2-10H,1H3. The molecule has 0 unspecified atom stereocenters. The SMILES string of the molecule is CN(C(=O)C=Cc1cccc(F)c1)c1c(F)cccc1F. The number of rotatable bonds is 3. The summed E-state index contributed by atoms with van der Waals surface area (Å²) in [5.41, 5.74) is 0.0529. The molecule has 0 radical (unpaired) electrons. The van der Waals surface area contributed by atoms with Crippen LogP contribution in [0, 0.1) is 17.5 Å². The minimum Gasteiger partial charge on any atom is -0.307 e. The second-order valence-corrected chi connectivity index (χ2v) is 4.36. The van der Waals surface area contributed by atoms with Gasteiger partial charge in [-0.1, -0.05) is 18.2 Å². The van der Waals surface area contributed by atoms with Gasteiger partial charge in [-0.15, -0.1) is 0 Å². The number of nitrogens with zero attached hydrogens (tertiary/aromatic N) is 1. The molecule has 0 aliphatic carbocycles. The van der Waals surface area contributed by atoms with Crippen LogP contribution in [0.4, 0.5) is 18.9 Å². The Kier molecular flexibility index (Phi) is 4.42. The fraction of sp³-hybridized carbons (Fsp3) is 0.0625. The van der Waals surface area contributed by atoms with E-state index < -0.39 is 29.0 Å². The van der Waals surface area contributed by atoms with Crippen molar-refractivity contribution in [3.05, 3.63) is 71.6 Å². The van der Waals surface area contributed by atoms with E-state index in [1.54, 1.807) is 6.07 Å². The summed E-state index contributed by atoms with van der Waals surface area (Å²) < 4.78 is 40.1. The van der Waals surface area contributed by atoms with Gasteiger partial charge in [-0.05, 0) is 35.9 Å². The molecule has 0 aromatic heterocycles. The zero-order valence-electron chi connectivity index (χ0n) is 11.2. The lowest BCUT2D eigenvalue weighted by molar-refractivity contribution is -0.113. The first-order valence-electron chi connectivity index (χ1n) is 6.14. The Morgan fingerprint density at radius 1 is 1.05 bits per heavy atom. The molecule has 2 rings (SSSR count). The number of hydrogen-bond acceptors (Lipinski definition) is 1. The van der Waals surface area contributed by atoms with Crippen LogP contribution in [-0.2, 0) is 4.79 Å². The number of anilines is 1. The van der Waals surface area contributed by atoms with E-state index in [1.165, 1.54) is 37.4 Å². The highest BCUT2D eigenvalue weighted by Gasteiger charge is 2.16. The fourth-order valence-corrected chi connectivity index (χ4v) is 1.81. The van der Waals surface area contributed by atoms with E-state index >= 15 is 0 Å². The maximum absolute atomic E-state index is 13.6. The van der Waals surface area contributed by atoms with E-state index in [4.69, 9.17) is 0 Å². The Labute approximate surface area is 120 Å². The van der Waals surface area contributed by atoms with Crippen LogP contribution in [0.3, 0.4) is 0 Å². The average molecular weight is 291 g/mol. The molecule has 0 spiro atoms. The highest BCUT2D eigenvalue weighted by atomic mass is 19.1. The van der Waals surface area contributed by atoms with E-state index in [1.807, 2.05) is 0 Å². The second-order valence-electron chi connectivity index (χ2n) is 4.36. The summed E-state index contributed by atoms with van der Waals surface area (Å²) in [5.74, 6) is -2.71. The minimum atomic E-state index is -0.829. The van der Waals surface area contributed by atoms with Crippen molar-refractivity contribution in [3.63, 3.8) is 0 Å². The summed E-state index contributed by atoms with van der Waals surface area (Å²) in [5, 5.41) is 0. The van der Waals surface area contributed by atoms with Gasteiger partial charge in [0.05, 0.1) is 0 Å². The van der Waals surface area contributed by atoms with Gasteiger partial charge in [0, 0.05) is 13.1 Å². The predicted molar refractivity (Wildman–Crippen MR) is 75.2 cm³/mol. The lowest BCUT2D eigenvalue weighted by Crippen LogP contribution is -2.26. The fourth-order valence-electron chi connectivity index (χ4n) is 1.81. The Morgan fingerprint density at radius 3 is 2.29 bits per heavy atom. The molecule has 0 fully saturated rings. The lowest BCUT2D eigenvalue weighted by Gasteiger charge is -2.16. The summed E-state index contributed by atoms with van der Waals surface area (Å²) in [6, 6.07) is 8.98.